The third-order valence-electron chi connectivity index (χ3n) is 0.556. The van der Waals surface area contributed by atoms with E-state index in [1.165, 1.54) is 0 Å². The number of rotatable bonds is 0. The van der Waals surface area contributed by atoms with Gasteiger partial charge in [0.25, 0.3) is 0 Å². The van der Waals surface area contributed by atoms with Crippen LogP contribution in [-0.4, -0.2) is 0 Å². The standard InChI is InChI=1S/C5H5.2Zr/c1-2-4-5-3-1;;/h1-5H;;/q-1;;. The van der Waals surface area contributed by atoms with Gasteiger partial charge in [0.05, 0.1) is 0 Å². The minimum absolute atomic E-state index is 0. The fourth-order valence-electron chi connectivity index (χ4n) is 0.321. The van der Waals surface area contributed by atoms with E-state index in [0.29, 0.717) is 0 Å². The van der Waals surface area contributed by atoms with Crippen LogP contribution in [0.4, 0.5) is 0 Å². The van der Waals surface area contributed by atoms with Gasteiger partial charge in [-0.15, -0.1) is 0 Å². The van der Waals surface area contributed by atoms with Crippen LogP contribution in [0.5, 0.6) is 0 Å². The Bertz CT molecular complexity index is 62.6. The molecule has 0 aliphatic carbocycles. The molecule has 0 N–H and O–H groups in total. The van der Waals surface area contributed by atoms with E-state index >= 15 is 0 Å². The SMILES string of the molecule is [Zr].[Zr].c1cc[cH-]c1. The molecule has 0 aromatic heterocycles. The van der Waals surface area contributed by atoms with Crippen molar-refractivity contribution >= 4 is 0 Å². The van der Waals surface area contributed by atoms with Gasteiger partial charge in [0, 0.05) is 52.4 Å². The Morgan fingerprint density at radius 3 is 1.43 bits per heavy atom. The van der Waals surface area contributed by atoms with Gasteiger partial charge in [-0.2, -0.15) is 18.2 Å². The van der Waals surface area contributed by atoms with E-state index in [0.717, 1.165) is 0 Å². The van der Waals surface area contributed by atoms with Crippen molar-refractivity contribution in [3.8, 4) is 0 Å². The summed E-state index contributed by atoms with van der Waals surface area (Å²) in [5.41, 5.74) is 0. The largest absolute Gasteiger partial charge is 0.214 e. The molecule has 0 bridgehead atoms. The summed E-state index contributed by atoms with van der Waals surface area (Å²) < 4.78 is 0. The monoisotopic (exact) mass is 245 g/mol. The first kappa shape index (κ1) is 11.0. The van der Waals surface area contributed by atoms with Crippen LogP contribution in [-0.2, 0) is 52.4 Å². The normalized spacial score (nSPS) is 5.71. The molecule has 0 unspecified atom stereocenters. The van der Waals surface area contributed by atoms with Gasteiger partial charge in [0.15, 0.2) is 0 Å². The second-order valence-electron chi connectivity index (χ2n) is 0.962. The molecular weight excluding hydrogens is 243 g/mol. The molecule has 0 aliphatic heterocycles. The Morgan fingerprint density at radius 2 is 1.29 bits per heavy atom. The fourth-order valence-corrected chi connectivity index (χ4v) is 0.321. The second kappa shape index (κ2) is 7.12. The van der Waals surface area contributed by atoms with Crippen molar-refractivity contribution in [1.29, 1.82) is 0 Å². The third kappa shape index (κ3) is 4.98. The molecule has 2 heteroatoms. The Labute approximate surface area is 81.9 Å². The van der Waals surface area contributed by atoms with Gasteiger partial charge in [-0.3, -0.25) is 0 Å². The van der Waals surface area contributed by atoms with Gasteiger partial charge in [0.2, 0.25) is 0 Å². The summed E-state index contributed by atoms with van der Waals surface area (Å²) in [4.78, 5) is 0. The molecule has 0 saturated carbocycles. The van der Waals surface area contributed by atoms with Crippen molar-refractivity contribution in [3.63, 3.8) is 0 Å². The number of hydrogen-bond acceptors (Lipinski definition) is 0. The molecule has 0 heterocycles. The predicted molar refractivity (Wildman–Crippen MR) is 22.0 cm³/mol. The van der Waals surface area contributed by atoms with Crippen LogP contribution in [0.2, 0.25) is 0 Å². The summed E-state index contributed by atoms with van der Waals surface area (Å²) in [5.74, 6) is 0. The van der Waals surface area contributed by atoms with Crippen molar-refractivity contribution < 1.29 is 52.4 Å². The predicted octanol–water partition coefficient (Wildman–Crippen LogP) is 1.40. The van der Waals surface area contributed by atoms with Gasteiger partial charge in [-0.05, 0) is 0 Å². The van der Waals surface area contributed by atoms with Crippen LogP contribution in [0, 0.1) is 0 Å². The molecule has 0 aliphatic rings. The number of hydrogen-bond donors (Lipinski definition) is 0. The van der Waals surface area contributed by atoms with E-state index in [4.69, 9.17) is 0 Å². The van der Waals surface area contributed by atoms with E-state index in [9.17, 15) is 0 Å². The third-order valence-corrected chi connectivity index (χ3v) is 0.556. The zero-order valence-electron chi connectivity index (χ0n) is 3.89. The van der Waals surface area contributed by atoms with Gasteiger partial charge in [-0.25, -0.2) is 12.1 Å². The quantitative estimate of drug-likeness (QED) is 0.608. The van der Waals surface area contributed by atoms with Gasteiger partial charge < -0.3 is 0 Å². The van der Waals surface area contributed by atoms with Crippen molar-refractivity contribution in [2.24, 2.45) is 0 Å². The molecule has 0 nitrogen and oxygen atoms in total. The van der Waals surface area contributed by atoms with Gasteiger partial charge >= 0.3 is 0 Å². The Kier molecular flexibility index (Phi) is 11.2. The Balaban J connectivity index is 0. The van der Waals surface area contributed by atoms with Crippen LogP contribution in [0.1, 0.15) is 0 Å². The summed E-state index contributed by atoms with van der Waals surface area (Å²) in [6.07, 6.45) is 0. The van der Waals surface area contributed by atoms with Crippen LogP contribution in [0.15, 0.2) is 30.3 Å². The van der Waals surface area contributed by atoms with E-state index in [1.807, 2.05) is 30.3 Å². The first-order valence-corrected chi connectivity index (χ1v) is 1.67. The maximum atomic E-state index is 2.00. The van der Waals surface area contributed by atoms with Gasteiger partial charge in [0.1, 0.15) is 0 Å². The topological polar surface area (TPSA) is 0 Å². The van der Waals surface area contributed by atoms with Crippen molar-refractivity contribution in [2.45, 2.75) is 0 Å². The Morgan fingerprint density at radius 1 is 0.857 bits per heavy atom. The van der Waals surface area contributed by atoms with Crippen molar-refractivity contribution in [3.05, 3.63) is 30.3 Å². The fraction of sp³-hybridized carbons (Fsp3) is 0. The first-order chi connectivity index (χ1) is 2.50. The zero-order valence-corrected chi connectivity index (χ0v) is 8.80. The average molecular weight is 248 g/mol. The van der Waals surface area contributed by atoms with Crippen LogP contribution >= 0.6 is 0 Å². The van der Waals surface area contributed by atoms with E-state index in [-0.39, 0.29) is 52.4 Å². The molecule has 1 rings (SSSR count). The van der Waals surface area contributed by atoms with Crippen molar-refractivity contribution in [2.75, 3.05) is 0 Å². The van der Waals surface area contributed by atoms with Crippen LogP contribution in [0.3, 0.4) is 0 Å². The molecule has 0 radical (unpaired) electrons. The Hall–Kier alpha value is 1.12. The molecule has 34 valence electrons. The molecule has 1 aromatic carbocycles. The van der Waals surface area contributed by atoms with E-state index < -0.39 is 0 Å². The minimum atomic E-state index is 0. The summed E-state index contributed by atoms with van der Waals surface area (Å²) in [5, 5.41) is 0. The summed E-state index contributed by atoms with van der Waals surface area (Å²) in [6, 6.07) is 10.0. The molecule has 7 heavy (non-hydrogen) atoms. The minimum Gasteiger partial charge on any atom is -0.214 e. The van der Waals surface area contributed by atoms with Crippen LogP contribution in [0.25, 0.3) is 0 Å². The van der Waals surface area contributed by atoms with Crippen LogP contribution < -0.4 is 0 Å². The molecule has 0 atom stereocenters. The molecular formula is C5H5Zr2-. The first-order valence-electron chi connectivity index (χ1n) is 1.67. The summed E-state index contributed by atoms with van der Waals surface area (Å²) >= 11 is 0. The smallest absolute Gasteiger partial charge is 0 e. The molecule has 0 spiro atoms. The second-order valence-corrected chi connectivity index (χ2v) is 0.962. The summed E-state index contributed by atoms with van der Waals surface area (Å²) in [6.45, 7) is 0. The van der Waals surface area contributed by atoms with Crippen molar-refractivity contribution in [1.82, 2.24) is 0 Å². The maximum Gasteiger partial charge on any atom is 0 e. The molecule has 1 aromatic rings. The molecule has 0 saturated heterocycles. The maximum absolute atomic E-state index is 2.00. The molecule has 0 fully saturated rings. The molecule has 0 amide bonds. The average Bonchev–Trinajstić information content (AvgIpc) is 1.76. The van der Waals surface area contributed by atoms with Gasteiger partial charge in [-0.1, -0.05) is 0 Å². The van der Waals surface area contributed by atoms with E-state index in [2.05, 4.69) is 0 Å². The van der Waals surface area contributed by atoms with E-state index in [1.54, 1.807) is 0 Å². The summed E-state index contributed by atoms with van der Waals surface area (Å²) in [7, 11) is 0. The zero-order chi connectivity index (χ0) is 3.54.